The number of rotatable bonds is 1. The third-order valence-electron chi connectivity index (χ3n) is 5.35. The Balaban J connectivity index is 1.88. The van der Waals surface area contributed by atoms with Crippen LogP contribution in [0.15, 0.2) is 42.5 Å². The highest BCUT2D eigenvalue weighted by atomic mass is 16.3. The lowest BCUT2D eigenvalue weighted by molar-refractivity contribution is 0.126. The van der Waals surface area contributed by atoms with Gasteiger partial charge in [0.15, 0.2) is 0 Å². The number of phenolic OH excluding ortho intramolecular Hbond substituents is 1. The van der Waals surface area contributed by atoms with E-state index in [2.05, 4.69) is 30.1 Å². The van der Waals surface area contributed by atoms with Crippen LogP contribution in [0.1, 0.15) is 41.5 Å². The van der Waals surface area contributed by atoms with Gasteiger partial charge in [-0.05, 0) is 73.3 Å². The minimum absolute atomic E-state index is 0.365. The first kappa shape index (κ1) is 13.6. The van der Waals surface area contributed by atoms with E-state index < -0.39 is 0 Å². The van der Waals surface area contributed by atoms with Crippen LogP contribution in [0.25, 0.3) is 0 Å². The molecule has 1 heterocycles. The van der Waals surface area contributed by atoms with Crippen LogP contribution in [-0.2, 0) is 0 Å². The van der Waals surface area contributed by atoms with Gasteiger partial charge in [-0.2, -0.15) is 0 Å². The lowest BCUT2D eigenvalue weighted by Gasteiger charge is -2.37. The number of benzene rings is 2. The molecule has 1 aliphatic heterocycles. The maximum absolute atomic E-state index is 9.94. The van der Waals surface area contributed by atoms with Crippen molar-refractivity contribution < 1.29 is 5.11 Å². The lowest BCUT2D eigenvalue weighted by atomic mass is 9.80. The van der Waals surface area contributed by atoms with Gasteiger partial charge < -0.3 is 10.8 Å². The van der Waals surface area contributed by atoms with Gasteiger partial charge in [-0.15, -0.1) is 0 Å². The molecular weight excluding hydrogens is 272 g/mol. The largest absolute Gasteiger partial charge is 0.508 e. The van der Waals surface area contributed by atoms with Gasteiger partial charge in [0.25, 0.3) is 0 Å². The Hall–Kier alpha value is -2.00. The third kappa shape index (κ3) is 2.00. The average Bonchev–Trinajstić information content (AvgIpc) is 2.82. The van der Waals surface area contributed by atoms with Crippen molar-refractivity contribution in [2.24, 2.45) is 5.92 Å². The van der Waals surface area contributed by atoms with Crippen LogP contribution in [0.4, 0.5) is 5.69 Å². The quantitative estimate of drug-likeness (QED) is 0.791. The number of nitrogen functional groups attached to an aromatic ring is 1. The predicted molar refractivity (Wildman–Crippen MR) is 88.9 cm³/mol. The van der Waals surface area contributed by atoms with Crippen molar-refractivity contribution in [3.8, 4) is 5.75 Å². The molecule has 4 rings (SSSR count). The molecule has 2 aromatic carbocycles. The maximum atomic E-state index is 9.94. The number of nitrogens with two attached hydrogens (primary N) is 1. The van der Waals surface area contributed by atoms with Gasteiger partial charge in [0, 0.05) is 17.6 Å². The van der Waals surface area contributed by atoms with E-state index in [0.717, 1.165) is 12.2 Å². The minimum Gasteiger partial charge on any atom is -0.508 e. The van der Waals surface area contributed by atoms with Crippen molar-refractivity contribution in [2.75, 3.05) is 19.3 Å². The van der Waals surface area contributed by atoms with E-state index in [1.165, 1.54) is 29.5 Å². The van der Waals surface area contributed by atoms with Crippen molar-refractivity contribution >= 4 is 5.69 Å². The molecule has 3 nitrogen and oxygen atoms in total. The molecule has 2 aliphatic rings. The number of likely N-dealkylation sites (tertiary alicyclic amines) is 1. The van der Waals surface area contributed by atoms with Crippen LogP contribution >= 0.6 is 0 Å². The van der Waals surface area contributed by atoms with Crippen molar-refractivity contribution in [1.82, 2.24) is 4.90 Å². The summed E-state index contributed by atoms with van der Waals surface area (Å²) in [6, 6.07) is 14.6. The number of hydrogen-bond donors (Lipinski definition) is 2. The molecule has 1 saturated heterocycles. The van der Waals surface area contributed by atoms with Crippen LogP contribution < -0.4 is 5.73 Å². The molecule has 0 saturated carbocycles. The highest BCUT2D eigenvalue weighted by molar-refractivity contribution is 5.52. The maximum Gasteiger partial charge on any atom is 0.115 e. The number of fused-ring (bicyclic) bond motifs is 3. The summed E-state index contributed by atoms with van der Waals surface area (Å²) in [6.07, 6.45) is 2.46. The topological polar surface area (TPSA) is 49.5 Å². The molecule has 3 atom stereocenters. The second kappa shape index (κ2) is 5.03. The summed E-state index contributed by atoms with van der Waals surface area (Å²) < 4.78 is 0. The highest BCUT2D eigenvalue weighted by Gasteiger charge is 2.44. The zero-order valence-electron chi connectivity index (χ0n) is 12.9. The number of aromatic hydroxyl groups is 1. The number of piperidine rings is 1. The second-order valence-electron chi connectivity index (χ2n) is 6.69. The summed E-state index contributed by atoms with van der Waals surface area (Å²) in [7, 11) is 2.20. The van der Waals surface area contributed by atoms with Crippen molar-refractivity contribution in [1.29, 1.82) is 0 Å². The Morgan fingerprint density at radius 1 is 1.14 bits per heavy atom. The number of phenols is 1. The standard InChI is InChI=1S/C19H22N2O/c1-21-9-3-6-16-18(12-4-2-5-13(20)10-12)15-8-7-14(22)11-17(15)19(16)21/h2,4-5,7-8,10-11,16,18-19,22H,3,6,9,20H2,1H3. The van der Waals surface area contributed by atoms with E-state index in [1.54, 1.807) is 0 Å². The Labute approximate surface area is 131 Å². The Morgan fingerprint density at radius 3 is 2.82 bits per heavy atom. The van der Waals surface area contributed by atoms with Gasteiger partial charge in [-0.3, -0.25) is 4.90 Å². The van der Waals surface area contributed by atoms with E-state index in [9.17, 15) is 5.11 Å². The van der Waals surface area contributed by atoms with Gasteiger partial charge >= 0.3 is 0 Å². The van der Waals surface area contributed by atoms with Crippen LogP contribution in [-0.4, -0.2) is 23.6 Å². The second-order valence-corrected chi connectivity index (χ2v) is 6.69. The van der Waals surface area contributed by atoms with E-state index >= 15 is 0 Å². The molecule has 3 heteroatoms. The predicted octanol–water partition coefficient (Wildman–Crippen LogP) is 3.50. The normalized spacial score (nSPS) is 27.4. The number of nitrogens with zero attached hydrogens (tertiary/aromatic N) is 1. The van der Waals surface area contributed by atoms with Gasteiger partial charge in [0.2, 0.25) is 0 Å². The summed E-state index contributed by atoms with van der Waals surface area (Å²) in [4.78, 5) is 2.44. The van der Waals surface area contributed by atoms with Gasteiger partial charge in [0.05, 0.1) is 0 Å². The monoisotopic (exact) mass is 294 g/mol. The summed E-state index contributed by atoms with van der Waals surface area (Å²) in [5.74, 6) is 1.31. The fourth-order valence-corrected chi connectivity index (χ4v) is 4.53. The van der Waals surface area contributed by atoms with Crippen LogP contribution in [0.2, 0.25) is 0 Å². The minimum atomic E-state index is 0.365. The highest BCUT2D eigenvalue weighted by Crippen LogP contribution is 2.54. The first-order valence-corrected chi connectivity index (χ1v) is 8.03. The molecule has 0 bridgehead atoms. The Bertz CT molecular complexity index is 712. The molecule has 0 aromatic heterocycles. The summed E-state index contributed by atoms with van der Waals surface area (Å²) in [5.41, 5.74) is 10.8. The fraction of sp³-hybridized carbons (Fsp3) is 0.368. The van der Waals surface area contributed by atoms with Gasteiger partial charge in [-0.1, -0.05) is 18.2 Å². The fourth-order valence-electron chi connectivity index (χ4n) is 4.53. The SMILES string of the molecule is CN1CCCC2C(c3cccc(N)c3)c3ccc(O)cc3C21. The Morgan fingerprint density at radius 2 is 2.00 bits per heavy atom. The van der Waals surface area contributed by atoms with Crippen LogP contribution in [0, 0.1) is 5.92 Å². The first-order valence-electron chi connectivity index (χ1n) is 8.03. The molecular formula is C19H22N2O. The molecule has 3 N–H and O–H groups in total. The van der Waals surface area contributed by atoms with Crippen molar-refractivity contribution in [2.45, 2.75) is 24.8 Å². The van der Waals surface area contributed by atoms with Gasteiger partial charge in [-0.25, -0.2) is 0 Å². The summed E-state index contributed by atoms with van der Waals surface area (Å²) >= 11 is 0. The summed E-state index contributed by atoms with van der Waals surface area (Å²) in [5, 5.41) is 9.94. The average molecular weight is 294 g/mol. The molecule has 1 fully saturated rings. The smallest absolute Gasteiger partial charge is 0.115 e. The number of hydrogen-bond acceptors (Lipinski definition) is 3. The molecule has 0 amide bonds. The van der Waals surface area contributed by atoms with Crippen molar-refractivity contribution in [3.05, 3.63) is 59.2 Å². The van der Waals surface area contributed by atoms with E-state index in [0.29, 0.717) is 23.6 Å². The molecule has 0 radical (unpaired) electrons. The van der Waals surface area contributed by atoms with E-state index in [1.807, 2.05) is 24.3 Å². The van der Waals surface area contributed by atoms with Crippen LogP contribution in [0.5, 0.6) is 5.75 Å². The first-order chi connectivity index (χ1) is 10.6. The van der Waals surface area contributed by atoms with E-state index in [4.69, 9.17) is 5.73 Å². The number of anilines is 1. The molecule has 2 aromatic rings. The van der Waals surface area contributed by atoms with Crippen LogP contribution in [0.3, 0.4) is 0 Å². The van der Waals surface area contributed by atoms with Gasteiger partial charge in [0.1, 0.15) is 5.75 Å². The molecule has 114 valence electrons. The lowest BCUT2D eigenvalue weighted by Crippen LogP contribution is -2.34. The zero-order valence-corrected chi connectivity index (χ0v) is 12.9. The molecule has 1 aliphatic carbocycles. The Kier molecular flexibility index (Phi) is 3.12. The van der Waals surface area contributed by atoms with Crippen molar-refractivity contribution in [3.63, 3.8) is 0 Å². The summed E-state index contributed by atoms with van der Waals surface area (Å²) in [6.45, 7) is 1.12. The third-order valence-corrected chi connectivity index (χ3v) is 5.35. The molecule has 22 heavy (non-hydrogen) atoms. The zero-order chi connectivity index (χ0) is 15.3. The molecule has 3 unspecified atom stereocenters. The van der Waals surface area contributed by atoms with E-state index in [-0.39, 0.29) is 0 Å². The molecule has 0 spiro atoms.